The second-order valence-corrected chi connectivity index (χ2v) is 7.05. The minimum absolute atomic E-state index is 0.130. The molecule has 1 saturated carbocycles. The van der Waals surface area contributed by atoms with E-state index in [-0.39, 0.29) is 6.61 Å². The van der Waals surface area contributed by atoms with Crippen LogP contribution in [0.1, 0.15) is 40.0 Å². The van der Waals surface area contributed by atoms with Crippen LogP contribution in [0.2, 0.25) is 0 Å². The molecule has 4 heteroatoms. The first-order valence-electron chi connectivity index (χ1n) is 6.62. The highest BCUT2D eigenvalue weighted by Gasteiger charge is 2.34. The molecule has 0 spiro atoms. The molecule has 0 amide bonds. The van der Waals surface area contributed by atoms with E-state index in [1.54, 1.807) is 0 Å². The minimum atomic E-state index is -0.577. The first kappa shape index (κ1) is 15.3. The summed E-state index contributed by atoms with van der Waals surface area (Å²) in [5.41, 5.74) is 0.410. The van der Waals surface area contributed by atoms with Gasteiger partial charge in [-0.05, 0) is 31.2 Å². The van der Waals surface area contributed by atoms with Gasteiger partial charge in [-0.25, -0.2) is 0 Å². The number of aliphatic hydroxyl groups excluding tert-OH is 2. The Morgan fingerprint density at radius 1 is 1.47 bits per heavy atom. The van der Waals surface area contributed by atoms with Crippen molar-refractivity contribution in [3.63, 3.8) is 0 Å². The fourth-order valence-corrected chi connectivity index (χ4v) is 4.09. The monoisotopic (exact) mass is 261 g/mol. The summed E-state index contributed by atoms with van der Waals surface area (Å²) in [6.45, 7) is 7.67. The van der Waals surface area contributed by atoms with Crippen molar-refractivity contribution in [1.29, 1.82) is 0 Å². The SMILES string of the molecule is CCNC1CCC(C)(C)CC1SCC(O)CO. The van der Waals surface area contributed by atoms with Gasteiger partial charge < -0.3 is 15.5 Å². The Balaban J connectivity index is 2.48. The molecule has 0 aromatic carbocycles. The lowest BCUT2D eigenvalue weighted by Crippen LogP contribution is -2.45. The molecule has 1 aliphatic carbocycles. The van der Waals surface area contributed by atoms with Crippen LogP contribution in [0.5, 0.6) is 0 Å². The molecule has 0 aromatic rings. The van der Waals surface area contributed by atoms with Crippen molar-refractivity contribution in [1.82, 2.24) is 5.32 Å². The van der Waals surface area contributed by atoms with Gasteiger partial charge in [0.1, 0.15) is 0 Å². The molecule has 0 heterocycles. The molecule has 1 rings (SSSR count). The van der Waals surface area contributed by atoms with E-state index in [1.165, 1.54) is 19.3 Å². The Bertz CT molecular complexity index is 223. The van der Waals surface area contributed by atoms with E-state index in [0.717, 1.165) is 6.54 Å². The van der Waals surface area contributed by atoms with Gasteiger partial charge in [0.05, 0.1) is 12.7 Å². The smallest absolute Gasteiger partial charge is 0.0861 e. The van der Waals surface area contributed by atoms with Crippen molar-refractivity contribution in [3.8, 4) is 0 Å². The summed E-state index contributed by atoms with van der Waals surface area (Å²) in [7, 11) is 0. The Morgan fingerprint density at radius 3 is 2.76 bits per heavy atom. The summed E-state index contributed by atoms with van der Waals surface area (Å²) >= 11 is 1.81. The average Bonchev–Trinajstić information content (AvgIpc) is 2.28. The van der Waals surface area contributed by atoms with Crippen LogP contribution < -0.4 is 5.32 Å². The van der Waals surface area contributed by atoms with E-state index in [1.807, 2.05) is 11.8 Å². The lowest BCUT2D eigenvalue weighted by molar-refractivity contribution is 0.113. The quantitative estimate of drug-likeness (QED) is 0.680. The van der Waals surface area contributed by atoms with Crippen molar-refractivity contribution in [3.05, 3.63) is 0 Å². The highest BCUT2D eigenvalue weighted by molar-refractivity contribution is 8.00. The largest absolute Gasteiger partial charge is 0.394 e. The average molecular weight is 261 g/mol. The van der Waals surface area contributed by atoms with Crippen molar-refractivity contribution in [2.75, 3.05) is 18.9 Å². The number of aliphatic hydroxyl groups is 2. The molecule has 0 bridgehead atoms. The van der Waals surface area contributed by atoms with Crippen molar-refractivity contribution < 1.29 is 10.2 Å². The van der Waals surface area contributed by atoms with Crippen LogP contribution in [-0.2, 0) is 0 Å². The maximum absolute atomic E-state index is 9.44. The first-order valence-corrected chi connectivity index (χ1v) is 7.67. The Hall–Kier alpha value is 0.230. The van der Waals surface area contributed by atoms with Gasteiger partial charge in [0, 0.05) is 17.0 Å². The molecule has 17 heavy (non-hydrogen) atoms. The molecule has 3 nitrogen and oxygen atoms in total. The summed E-state index contributed by atoms with van der Waals surface area (Å²) < 4.78 is 0. The molecule has 0 aliphatic heterocycles. The maximum atomic E-state index is 9.44. The summed E-state index contributed by atoms with van der Waals surface area (Å²) in [5, 5.41) is 22.4. The van der Waals surface area contributed by atoms with Crippen LogP contribution in [-0.4, -0.2) is 46.5 Å². The third kappa shape index (κ3) is 5.16. The van der Waals surface area contributed by atoms with Crippen molar-refractivity contribution in [2.24, 2.45) is 5.41 Å². The van der Waals surface area contributed by atoms with E-state index >= 15 is 0 Å². The van der Waals surface area contributed by atoms with Crippen LogP contribution in [0.15, 0.2) is 0 Å². The summed E-state index contributed by atoms with van der Waals surface area (Å²) in [6, 6.07) is 0.559. The van der Waals surface area contributed by atoms with Crippen molar-refractivity contribution in [2.45, 2.75) is 57.4 Å². The molecule has 0 saturated heterocycles. The van der Waals surface area contributed by atoms with Gasteiger partial charge in [-0.1, -0.05) is 20.8 Å². The van der Waals surface area contributed by atoms with Gasteiger partial charge in [-0.2, -0.15) is 11.8 Å². The standard InChI is InChI=1S/C13H27NO2S/c1-4-14-11-5-6-13(2,3)7-12(11)17-9-10(16)8-15/h10-12,14-16H,4-9H2,1-3H3. The lowest BCUT2D eigenvalue weighted by atomic mass is 9.75. The van der Waals surface area contributed by atoms with Gasteiger partial charge in [0.25, 0.3) is 0 Å². The zero-order valence-corrected chi connectivity index (χ0v) is 12.1. The number of rotatable bonds is 6. The molecule has 0 aromatic heterocycles. The highest BCUT2D eigenvalue weighted by atomic mass is 32.2. The Kier molecular flexibility index (Phi) is 6.27. The zero-order chi connectivity index (χ0) is 12.9. The van der Waals surface area contributed by atoms with Crippen LogP contribution in [0.3, 0.4) is 0 Å². The number of hydrogen-bond donors (Lipinski definition) is 3. The molecular formula is C13H27NO2S. The summed E-state index contributed by atoms with van der Waals surface area (Å²) in [4.78, 5) is 0. The van der Waals surface area contributed by atoms with E-state index in [0.29, 0.717) is 22.5 Å². The molecule has 0 radical (unpaired) electrons. The molecule has 102 valence electrons. The Labute approximate surface area is 109 Å². The van der Waals surface area contributed by atoms with Crippen LogP contribution in [0, 0.1) is 5.41 Å². The third-order valence-corrected chi connectivity index (χ3v) is 5.01. The van der Waals surface area contributed by atoms with Gasteiger partial charge in [0.15, 0.2) is 0 Å². The molecular weight excluding hydrogens is 234 g/mol. The minimum Gasteiger partial charge on any atom is -0.394 e. The van der Waals surface area contributed by atoms with E-state index in [4.69, 9.17) is 5.11 Å². The van der Waals surface area contributed by atoms with Crippen LogP contribution >= 0.6 is 11.8 Å². The second-order valence-electron chi connectivity index (χ2n) is 5.78. The predicted octanol–water partition coefficient (Wildman–Crippen LogP) is 1.63. The van der Waals surface area contributed by atoms with Gasteiger partial charge >= 0.3 is 0 Å². The fraction of sp³-hybridized carbons (Fsp3) is 1.00. The maximum Gasteiger partial charge on any atom is 0.0861 e. The topological polar surface area (TPSA) is 52.5 Å². The zero-order valence-electron chi connectivity index (χ0n) is 11.3. The van der Waals surface area contributed by atoms with Gasteiger partial charge in [0.2, 0.25) is 0 Å². The van der Waals surface area contributed by atoms with Crippen LogP contribution in [0.4, 0.5) is 0 Å². The molecule has 1 aliphatic rings. The van der Waals surface area contributed by atoms with Gasteiger partial charge in [-0.3, -0.25) is 0 Å². The molecule has 3 N–H and O–H groups in total. The summed E-state index contributed by atoms with van der Waals surface area (Å²) in [6.07, 6.45) is 3.10. The summed E-state index contributed by atoms with van der Waals surface area (Å²) in [5.74, 6) is 0.638. The molecule has 3 atom stereocenters. The Morgan fingerprint density at radius 2 is 2.18 bits per heavy atom. The number of nitrogens with one attached hydrogen (secondary N) is 1. The first-order chi connectivity index (χ1) is 7.98. The fourth-order valence-electron chi connectivity index (χ4n) is 2.48. The molecule has 1 fully saturated rings. The highest BCUT2D eigenvalue weighted by Crippen LogP contribution is 2.40. The van der Waals surface area contributed by atoms with Crippen LogP contribution in [0.25, 0.3) is 0 Å². The van der Waals surface area contributed by atoms with Crippen molar-refractivity contribution >= 4 is 11.8 Å². The van der Waals surface area contributed by atoms with E-state index < -0.39 is 6.10 Å². The third-order valence-electron chi connectivity index (χ3n) is 3.51. The predicted molar refractivity (Wildman–Crippen MR) is 74.4 cm³/mol. The lowest BCUT2D eigenvalue weighted by Gasteiger charge is -2.41. The number of hydrogen-bond acceptors (Lipinski definition) is 4. The van der Waals surface area contributed by atoms with E-state index in [9.17, 15) is 5.11 Å². The normalized spacial score (nSPS) is 30.2. The second kappa shape index (κ2) is 6.98. The van der Waals surface area contributed by atoms with Gasteiger partial charge in [-0.15, -0.1) is 0 Å². The molecule has 3 unspecified atom stereocenters. The van der Waals surface area contributed by atoms with E-state index in [2.05, 4.69) is 26.1 Å². The number of thioether (sulfide) groups is 1.